The largest absolute Gasteiger partial charge is 0.448 e. The molecule has 6 heteroatoms. The van der Waals surface area contributed by atoms with Crippen molar-refractivity contribution in [1.82, 2.24) is 5.32 Å². The Morgan fingerprint density at radius 2 is 1.94 bits per heavy atom. The number of alkyl carbamates (subject to hydrolysis) is 1. The molecule has 0 spiro atoms. The molecule has 0 unspecified atom stereocenters. The Bertz CT molecular complexity index is 441. The summed E-state index contributed by atoms with van der Waals surface area (Å²) in [5, 5.41) is 2.24. The molecule has 0 aliphatic heterocycles. The SMILES string of the molecule is CNC(=O)OCCS(=O)(=O)c1ccccc1. The van der Waals surface area contributed by atoms with Crippen LogP contribution in [-0.4, -0.2) is 33.9 Å². The molecule has 1 aromatic carbocycles. The van der Waals surface area contributed by atoms with Gasteiger partial charge in [0.1, 0.15) is 6.61 Å². The van der Waals surface area contributed by atoms with Gasteiger partial charge in [-0.3, -0.25) is 0 Å². The minimum Gasteiger partial charge on any atom is -0.448 e. The summed E-state index contributed by atoms with van der Waals surface area (Å²) in [7, 11) is -1.96. The summed E-state index contributed by atoms with van der Waals surface area (Å²) in [5.41, 5.74) is 0. The van der Waals surface area contributed by atoms with Gasteiger partial charge in [0.05, 0.1) is 10.6 Å². The summed E-state index contributed by atoms with van der Waals surface area (Å²) in [4.78, 5) is 10.9. The number of nitrogens with one attached hydrogen (secondary N) is 1. The molecule has 0 fully saturated rings. The van der Waals surface area contributed by atoms with Crippen molar-refractivity contribution in [1.29, 1.82) is 0 Å². The molecule has 1 N–H and O–H groups in total. The lowest BCUT2D eigenvalue weighted by atomic mass is 10.4. The normalized spacial score (nSPS) is 10.8. The molecule has 0 saturated heterocycles. The molecular formula is C10H13NO4S. The van der Waals surface area contributed by atoms with Gasteiger partial charge in [-0.2, -0.15) is 0 Å². The Labute approximate surface area is 94.3 Å². The van der Waals surface area contributed by atoms with Gasteiger partial charge in [0.25, 0.3) is 0 Å². The lowest BCUT2D eigenvalue weighted by molar-refractivity contribution is 0.155. The molecule has 0 bridgehead atoms. The van der Waals surface area contributed by atoms with Gasteiger partial charge in [0.15, 0.2) is 9.84 Å². The van der Waals surface area contributed by atoms with Crippen molar-refractivity contribution in [2.45, 2.75) is 4.90 Å². The summed E-state index contributed by atoms with van der Waals surface area (Å²) in [6, 6.07) is 8.05. The molecule has 0 radical (unpaired) electrons. The van der Waals surface area contributed by atoms with E-state index in [0.29, 0.717) is 0 Å². The van der Waals surface area contributed by atoms with E-state index < -0.39 is 15.9 Å². The summed E-state index contributed by atoms with van der Waals surface area (Å²) >= 11 is 0. The quantitative estimate of drug-likeness (QED) is 0.849. The number of carbonyl (C=O) groups excluding carboxylic acids is 1. The predicted octanol–water partition coefficient (Wildman–Crippen LogP) is 0.816. The molecular weight excluding hydrogens is 230 g/mol. The topological polar surface area (TPSA) is 72.5 Å². The first kappa shape index (κ1) is 12.5. The number of hydrogen-bond donors (Lipinski definition) is 1. The Kier molecular flexibility index (Phi) is 4.30. The fraction of sp³-hybridized carbons (Fsp3) is 0.300. The highest BCUT2D eigenvalue weighted by atomic mass is 32.2. The molecule has 0 atom stereocenters. The van der Waals surface area contributed by atoms with E-state index in [1.54, 1.807) is 18.2 Å². The van der Waals surface area contributed by atoms with Gasteiger partial charge in [-0.1, -0.05) is 18.2 Å². The van der Waals surface area contributed by atoms with Crippen LogP contribution in [0.4, 0.5) is 4.79 Å². The van der Waals surface area contributed by atoms with Crippen LogP contribution in [0.1, 0.15) is 0 Å². The Balaban J connectivity index is 2.57. The van der Waals surface area contributed by atoms with Gasteiger partial charge in [-0.05, 0) is 12.1 Å². The van der Waals surface area contributed by atoms with Crippen LogP contribution in [0, 0.1) is 0 Å². The maximum atomic E-state index is 11.7. The average Bonchev–Trinajstić information content (AvgIpc) is 2.30. The van der Waals surface area contributed by atoms with Crippen molar-refractivity contribution in [3.05, 3.63) is 30.3 Å². The highest BCUT2D eigenvalue weighted by Gasteiger charge is 2.14. The van der Waals surface area contributed by atoms with Crippen LogP contribution < -0.4 is 5.32 Å². The summed E-state index contributed by atoms with van der Waals surface area (Å²) in [6.45, 7) is -0.156. The zero-order valence-corrected chi connectivity index (χ0v) is 9.66. The number of ether oxygens (including phenoxy) is 1. The van der Waals surface area contributed by atoms with Crippen molar-refractivity contribution >= 4 is 15.9 Å². The van der Waals surface area contributed by atoms with Crippen molar-refractivity contribution < 1.29 is 17.9 Å². The third kappa shape index (κ3) is 3.54. The van der Waals surface area contributed by atoms with E-state index in [0.717, 1.165) is 0 Å². The average molecular weight is 243 g/mol. The zero-order chi connectivity index (χ0) is 12.0. The van der Waals surface area contributed by atoms with Crippen LogP contribution in [-0.2, 0) is 14.6 Å². The second-order valence-corrected chi connectivity index (χ2v) is 5.13. The summed E-state index contributed by atoms with van der Waals surface area (Å²) < 4.78 is 28.0. The van der Waals surface area contributed by atoms with Crippen molar-refractivity contribution in [2.75, 3.05) is 19.4 Å². The second kappa shape index (κ2) is 5.50. The van der Waals surface area contributed by atoms with E-state index in [9.17, 15) is 13.2 Å². The Morgan fingerprint density at radius 3 is 2.50 bits per heavy atom. The van der Waals surface area contributed by atoms with E-state index in [1.165, 1.54) is 19.2 Å². The van der Waals surface area contributed by atoms with Crippen LogP contribution in [0.15, 0.2) is 35.2 Å². The number of carbonyl (C=O) groups is 1. The maximum Gasteiger partial charge on any atom is 0.406 e. The lowest BCUT2D eigenvalue weighted by Crippen LogP contribution is -2.22. The molecule has 88 valence electrons. The van der Waals surface area contributed by atoms with Crippen LogP contribution in [0.25, 0.3) is 0 Å². The molecule has 0 heterocycles. The smallest absolute Gasteiger partial charge is 0.406 e. The van der Waals surface area contributed by atoms with Gasteiger partial charge < -0.3 is 10.1 Å². The first-order valence-electron chi connectivity index (χ1n) is 4.68. The van der Waals surface area contributed by atoms with E-state index in [-0.39, 0.29) is 17.3 Å². The minimum atomic E-state index is -3.37. The first-order valence-corrected chi connectivity index (χ1v) is 6.34. The van der Waals surface area contributed by atoms with E-state index in [4.69, 9.17) is 0 Å². The van der Waals surface area contributed by atoms with Crippen molar-refractivity contribution in [2.24, 2.45) is 0 Å². The van der Waals surface area contributed by atoms with E-state index >= 15 is 0 Å². The van der Waals surface area contributed by atoms with Crippen molar-refractivity contribution in [3.8, 4) is 0 Å². The molecule has 0 aliphatic rings. The maximum absolute atomic E-state index is 11.7. The lowest BCUT2D eigenvalue weighted by Gasteiger charge is -2.05. The third-order valence-corrected chi connectivity index (χ3v) is 3.59. The van der Waals surface area contributed by atoms with Crippen LogP contribution in [0.5, 0.6) is 0 Å². The fourth-order valence-corrected chi connectivity index (χ4v) is 2.17. The van der Waals surface area contributed by atoms with Gasteiger partial charge >= 0.3 is 6.09 Å². The van der Waals surface area contributed by atoms with Gasteiger partial charge in [-0.25, -0.2) is 13.2 Å². The number of amides is 1. The fourth-order valence-electron chi connectivity index (χ4n) is 1.06. The molecule has 5 nitrogen and oxygen atoms in total. The third-order valence-electron chi connectivity index (χ3n) is 1.89. The van der Waals surface area contributed by atoms with E-state index in [1.807, 2.05) is 0 Å². The van der Waals surface area contributed by atoms with Gasteiger partial charge in [0, 0.05) is 7.05 Å². The molecule has 0 aliphatic carbocycles. The molecule has 0 saturated carbocycles. The molecule has 16 heavy (non-hydrogen) atoms. The second-order valence-electron chi connectivity index (χ2n) is 3.02. The van der Waals surface area contributed by atoms with Crippen molar-refractivity contribution in [3.63, 3.8) is 0 Å². The number of hydrogen-bond acceptors (Lipinski definition) is 4. The van der Waals surface area contributed by atoms with Crippen LogP contribution >= 0.6 is 0 Å². The number of benzene rings is 1. The van der Waals surface area contributed by atoms with Crippen LogP contribution in [0.2, 0.25) is 0 Å². The molecule has 0 aromatic heterocycles. The predicted molar refractivity (Wildman–Crippen MR) is 58.9 cm³/mol. The van der Waals surface area contributed by atoms with E-state index in [2.05, 4.69) is 10.1 Å². The first-order chi connectivity index (χ1) is 7.56. The molecule has 1 aromatic rings. The zero-order valence-electron chi connectivity index (χ0n) is 8.84. The number of sulfone groups is 1. The molecule has 1 rings (SSSR count). The standard InChI is InChI=1S/C10H13NO4S/c1-11-10(12)15-7-8-16(13,14)9-5-3-2-4-6-9/h2-6H,7-8H2,1H3,(H,11,12). The highest BCUT2D eigenvalue weighted by Crippen LogP contribution is 2.09. The van der Waals surface area contributed by atoms with Gasteiger partial charge in [-0.15, -0.1) is 0 Å². The van der Waals surface area contributed by atoms with Gasteiger partial charge in [0.2, 0.25) is 0 Å². The summed E-state index contributed by atoms with van der Waals surface area (Å²) in [5.74, 6) is -0.218. The Hall–Kier alpha value is -1.56. The van der Waals surface area contributed by atoms with Crippen LogP contribution in [0.3, 0.4) is 0 Å². The number of rotatable bonds is 4. The monoisotopic (exact) mass is 243 g/mol. The molecule has 1 amide bonds. The summed E-state index contributed by atoms with van der Waals surface area (Å²) in [6.07, 6.45) is -0.636. The minimum absolute atomic E-state index is 0.156. The highest BCUT2D eigenvalue weighted by molar-refractivity contribution is 7.91. The Morgan fingerprint density at radius 1 is 1.31 bits per heavy atom.